The zero-order chi connectivity index (χ0) is 28.7. The van der Waals surface area contributed by atoms with Crippen molar-refractivity contribution in [3.63, 3.8) is 0 Å². The Morgan fingerprint density at radius 2 is 1.65 bits per heavy atom. The van der Waals surface area contributed by atoms with Crippen LogP contribution >= 0.6 is 0 Å². The van der Waals surface area contributed by atoms with Crippen LogP contribution in [-0.2, 0) is 33.4 Å². The van der Waals surface area contributed by atoms with Crippen molar-refractivity contribution in [1.82, 2.24) is 15.5 Å². The first-order valence-corrected chi connectivity index (χ1v) is 11.5. The molecular formula is C21H37N5O11. The fourth-order valence-electron chi connectivity index (χ4n) is 4.09. The topological polar surface area (TPSA) is 264 Å². The summed E-state index contributed by atoms with van der Waals surface area (Å²) in [6.45, 7) is 3.74. The smallest absolute Gasteiger partial charge is 0.303 e. The molecule has 10 N–H and O–H groups in total. The largest absolute Gasteiger partial charge is 0.481 e. The summed E-state index contributed by atoms with van der Waals surface area (Å²) in [5, 5.41) is 44.8. The molecule has 4 amide bonds. The summed E-state index contributed by atoms with van der Waals surface area (Å²) in [6, 6.07) is -2.47. The normalized spacial score (nSPS) is 25.3. The second-order valence-corrected chi connectivity index (χ2v) is 8.93. The zero-order valence-corrected chi connectivity index (χ0v) is 21.1. The fraction of sp³-hybridized carbons (Fsp3) is 0.762. The number of nitrogens with one attached hydrogen (secondary N) is 2. The van der Waals surface area contributed by atoms with E-state index in [4.69, 9.17) is 26.0 Å². The summed E-state index contributed by atoms with van der Waals surface area (Å²) < 4.78 is 11.1. The Labute approximate surface area is 213 Å². The summed E-state index contributed by atoms with van der Waals surface area (Å²) >= 11 is 0. The van der Waals surface area contributed by atoms with Crippen LogP contribution in [0.2, 0.25) is 0 Å². The van der Waals surface area contributed by atoms with Crippen molar-refractivity contribution in [3.8, 4) is 0 Å². The van der Waals surface area contributed by atoms with Gasteiger partial charge in [0, 0.05) is 26.8 Å². The van der Waals surface area contributed by atoms with Crippen molar-refractivity contribution in [1.29, 1.82) is 0 Å². The average molecular weight is 536 g/mol. The van der Waals surface area contributed by atoms with E-state index in [0.717, 1.165) is 18.7 Å². The lowest BCUT2D eigenvalue weighted by Gasteiger charge is -2.51. The van der Waals surface area contributed by atoms with Gasteiger partial charge in [-0.05, 0) is 20.3 Å². The fourth-order valence-corrected chi connectivity index (χ4v) is 4.09. The van der Waals surface area contributed by atoms with Crippen LogP contribution in [0.4, 0.5) is 0 Å². The molecule has 1 fully saturated rings. The zero-order valence-electron chi connectivity index (χ0n) is 21.1. The minimum Gasteiger partial charge on any atom is -0.481 e. The van der Waals surface area contributed by atoms with Crippen LogP contribution in [0.5, 0.6) is 0 Å². The Hall–Kier alpha value is -2.89. The first-order valence-electron chi connectivity index (χ1n) is 11.5. The van der Waals surface area contributed by atoms with E-state index in [1.807, 2.05) is 0 Å². The maximum atomic E-state index is 12.8. The van der Waals surface area contributed by atoms with E-state index in [-0.39, 0.29) is 6.42 Å². The minimum atomic E-state index is -2.22. The molecule has 7 atom stereocenters. The predicted molar refractivity (Wildman–Crippen MR) is 124 cm³/mol. The highest BCUT2D eigenvalue weighted by atomic mass is 16.6. The Morgan fingerprint density at radius 1 is 1.11 bits per heavy atom. The Bertz CT molecular complexity index is 839. The number of ether oxygens (including phenoxy) is 2. The maximum absolute atomic E-state index is 12.8. The number of carboxylic acids is 1. The van der Waals surface area contributed by atoms with Crippen molar-refractivity contribution in [2.45, 2.75) is 89.0 Å². The van der Waals surface area contributed by atoms with Crippen molar-refractivity contribution in [2.24, 2.45) is 11.5 Å². The van der Waals surface area contributed by atoms with Crippen molar-refractivity contribution in [3.05, 3.63) is 0 Å². The van der Waals surface area contributed by atoms with E-state index in [2.05, 4.69) is 10.6 Å². The number of aliphatic hydroxyl groups is 3. The van der Waals surface area contributed by atoms with Gasteiger partial charge in [0.1, 0.15) is 24.4 Å². The molecule has 0 aromatic heterocycles. The number of hydrogen-bond acceptors (Lipinski definition) is 11. The number of nitrogens with two attached hydrogens (primary N) is 2. The SMILES string of the molecule is CC(=O)NC1(NC(C)=O)[C@@H](O)O[C@H](CO)[C@@H](O)[C@@H]1OC(C)CN(C(=O)[C@H](C)N)[C@H](CCC(=O)O)C(N)=O. The number of nitrogens with zero attached hydrogens (tertiary/aromatic N) is 1. The van der Waals surface area contributed by atoms with Gasteiger partial charge in [-0.15, -0.1) is 0 Å². The summed E-state index contributed by atoms with van der Waals surface area (Å²) in [7, 11) is 0. The summed E-state index contributed by atoms with van der Waals surface area (Å²) in [5.41, 5.74) is 8.92. The summed E-state index contributed by atoms with van der Waals surface area (Å²) in [5.74, 6) is -4.46. The molecule has 1 aliphatic rings. The number of rotatable bonds is 13. The highest BCUT2D eigenvalue weighted by Crippen LogP contribution is 2.31. The van der Waals surface area contributed by atoms with Crippen LogP contribution in [0.15, 0.2) is 0 Å². The van der Waals surface area contributed by atoms with Crippen LogP contribution in [0, 0.1) is 0 Å². The van der Waals surface area contributed by atoms with Gasteiger partial charge in [-0.1, -0.05) is 0 Å². The summed E-state index contributed by atoms with van der Waals surface area (Å²) in [6.07, 6.45) is -8.64. The highest BCUT2D eigenvalue weighted by Gasteiger charge is 2.58. The molecule has 0 bridgehead atoms. The van der Waals surface area contributed by atoms with E-state index >= 15 is 0 Å². The highest BCUT2D eigenvalue weighted by molar-refractivity contribution is 5.89. The van der Waals surface area contributed by atoms with Crippen molar-refractivity contribution in [2.75, 3.05) is 13.2 Å². The summed E-state index contributed by atoms with van der Waals surface area (Å²) in [4.78, 5) is 60.9. The molecule has 37 heavy (non-hydrogen) atoms. The number of aliphatic hydroxyl groups excluding tert-OH is 3. The molecule has 212 valence electrons. The lowest BCUT2D eigenvalue weighted by molar-refractivity contribution is -0.302. The van der Waals surface area contributed by atoms with E-state index in [1.54, 1.807) is 0 Å². The average Bonchev–Trinajstić information content (AvgIpc) is 2.76. The molecular weight excluding hydrogens is 498 g/mol. The van der Waals surface area contributed by atoms with Crippen molar-refractivity contribution < 1.29 is 53.9 Å². The molecule has 1 rings (SSSR count). The second-order valence-electron chi connectivity index (χ2n) is 8.93. The van der Waals surface area contributed by atoms with E-state index in [0.29, 0.717) is 0 Å². The Kier molecular flexibility index (Phi) is 11.8. The third kappa shape index (κ3) is 8.31. The number of hydrogen-bond donors (Lipinski definition) is 8. The predicted octanol–water partition coefficient (Wildman–Crippen LogP) is -4.31. The van der Waals surface area contributed by atoms with Crippen LogP contribution < -0.4 is 22.1 Å². The van der Waals surface area contributed by atoms with Crippen LogP contribution in [0.1, 0.15) is 40.5 Å². The third-order valence-electron chi connectivity index (χ3n) is 5.62. The monoisotopic (exact) mass is 535 g/mol. The van der Waals surface area contributed by atoms with E-state index in [1.165, 1.54) is 13.8 Å². The molecule has 1 heterocycles. The molecule has 1 saturated heterocycles. The lowest BCUT2D eigenvalue weighted by atomic mass is 9.89. The third-order valence-corrected chi connectivity index (χ3v) is 5.62. The van der Waals surface area contributed by atoms with Gasteiger partial charge in [-0.25, -0.2) is 0 Å². The van der Waals surface area contributed by atoms with Gasteiger partial charge < -0.3 is 56.9 Å². The molecule has 0 radical (unpaired) electrons. The molecule has 0 spiro atoms. The number of amides is 4. The van der Waals surface area contributed by atoms with Gasteiger partial charge in [0.2, 0.25) is 29.9 Å². The van der Waals surface area contributed by atoms with Gasteiger partial charge in [0.25, 0.3) is 0 Å². The molecule has 16 nitrogen and oxygen atoms in total. The molecule has 0 saturated carbocycles. The van der Waals surface area contributed by atoms with Crippen molar-refractivity contribution >= 4 is 29.6 Å². The lowest BCUT2D eigenvalue weighted by Crippen LogP contribution is -2.80. The molecule has 0 aromatic carbocycles. The Morgan fingerprint density at radius 3 is 2.05 bits per heavy atom. The van der Waals surface area contributed by atoms with Gasteiger partial charge in [-0.2, -0.15) is 0 Å². The first kappa shape index (κ1) is 32.1. The van der Waals surface area contributed by atoms with E-state index < -0.39 is 97.6 Å². The number of carbonyl (C=O) groups is 5. The number of carbonyl (C=O) groups excluding carboxylic acids is 4. The molecule has 16 heteroatoms. The second kappa shape index (κ2) is 13.6. The number of primary amides is 1. The van der Waals surface area contributed by atoms with Crippen LogP contribution in [-0.4, -0.2) is 117 Å². The molecule has 0 aliphatic carbocycles. The standard InChI is InChI=1S/C21H37N5O11/c1-9(7-26(19(34)10(2)22)13(18(23)33)5-6-15(30)31)36-17-16(32)14(8-27)37-20(35)21(17,24-11(3)28)25-12(4)29/h9-10,13-14,16-17,20,27,32,35H,5-8,22H2,1-4H3,(H2,23,33)(H,24,28)(H,25,29)(H,30,31)/t9?,10-,13+,14+,16+,17-,20-/m0/s1. The number of carboxylic acid groups (broad SMARTS) is 1. The van der Waals surface area contributed by atoms with Gasteiger partial charge >= 0.3 is 5.97 Å². The number of aliphatic carboxylic acids is 1. The molecule has 0 aromatic rings. The van der Waals surface area contributed by atoms with E-state index in [9.17, 15) is 39.3 Å². The van der Waals surface area contributed by atoms with Crippen LogP contribution in [0.25, 0.3) is 0 Å². The van der Waals surface area contributed by atoms with Gasteiger partial charge in [0.15, 0.2) is 5.66 Å². The molecule has 1 aliphatic heterocycles. The first-order chi connectivity index (χ1) is 17.1. The van der Waals surface area contributed by atoms with Crippen LogP contribution in [0.3, 0.4) is 0 Å². The Balaban J connectivity index is 3.42. The molecule has 1 unspecified atom stereocenters. The van der Waals surface area contributed by atoms with Gasteiger partial charge in [0.05, 0.1) is 18.8 Å². The quantitative estimate of drug-likeness (QED) is 0.104. The van der Waals surface area contributed by atoms with Gasteiger partial charge in [-0.3, -0.25) is 24.0 Å². The maximum Gasteiger partial charge on any atom is 0.303 e. The minimum absolute atomic E-state index is 0.317.